The molecule has 12 heteroatoms. The van der Waals surface area contributed by atoms with E-state index in [1.54, 1.807) is 48.5 Å². The summed E-state index contributed by atoms with van der Waals surface area (Å²) in [7, 11) is -4.27. The Morgan fingerprint density at radius 2 is 1.47 bits per heavy atom. The topological polar surface area (TPSA) is 127 Å². The Kier molecular flexibility index (Phi) is 5.83. The van der Waals surface area contributed by atoms with Crippen LogP contribution in [0.25, 0.3) is 11.0 Å². The second-order valence-corrected chi connectivity index (χ2v) is 8.99. The van der Waals surface area contributed by atoms with Crippen molar-refractivity contribution in [2.75, 3.05) is 10.0 Å². The number of halogens is 2. The van der Waals surface area contributed by atoms with Gasteiger partial charge in [-0.3, -0.25) is 14.8 Å². The average Bonchev–Trinajstić information content (AvgIpc) is 2.75. The van der Waals surface area contributed by atoms with Gasteiger partial charge in [-0.25, -0.2) is 18.4 Å². The Morgan fingerprint density at radius 1 is 0.844 bits per heavy atom. The van der Waals surface area contributed by atoms with Gasteiger partial charge >= 0.3 is 0 Å². The van der Waals surface area contributed by atoms with Gasteiger partial charge in [0.2, 0.25) is 0 Å². The number of para-hydroxylation sites is 3. The zero-order valence-corrected chi connectivity index (χ0v) is 18.3. The van der Waals surface area contributed by atoms with Crippen molar-refractivity contribution in [1.82, 2.24) is 9.97 Å². The van der Waals surface area contributed by atoms with Crippen LogP contribution in [-0.2, 0) is 10.0 Å². The number of anilines is 3. The number of rotatable bonds is 6. The van der Waals surface area contributed by atoms with Crippen molar-refractivity contribution in [2.24, 2.45) is 0 Å². The van der Waals surface area contributed by atoms with Crippen molar-refractivity contribution in [3.05, 3.63) is 86.9 Å². The Bertz CT molecular complexity index is 1460. The highest BCUT2D eigenvalue weighted by atomic mass is 35.5. The first-order chi connectivity index (χ1) is 15.2. The number of nitro benzene ring substituents is 1. The van der Waals surface area contributed by atoms with E-state index in [4.69, 9.17) is 23.2 Å². The van der Waals surface area contributed by atoms with E-state index in [2.05, 4.69) is 20.0 Å². The maximum Gasteiger partial charge on any atom is 0.289 e. The molecular formula is C20H13Cl2N5O4S. The van der Waals surface area contributed by atoms with Crippen LogP contribution in [-0.4, -0.2) is 23.3 Å². The quantitative estimate of drug-likeness (QED) is 0.274. The summed E-state index contributed by atoms with van der Waals surface area (Å²) in [4.78, 5) is 18.9. The number of fused-ring (bicyclic) bond motifs is 1. The number of aromatic nitrogens is 2. The van der Waals surface area contributed by atoms with Crippen molar-refractivity contribution in [3.8, 4) is 0 Å². The number of hydrogen-bond donors (Lipinski definition) is 2. The molecule has 0 amide bonds. The normalized spacial score (nSPS) is 11.3. The minimum absolute atomic E-state index is 0.101. The molecule has 0 fully saturated rings. The van der Waals surface area contributed by atoms with Gasteiger partial charge < -0.3 is 5.32 Å². The number of benzene rings is 3. The Balaban J connectivity index is 1.80. The van der Waals surface area contributed by atoms with Crippen molar-refractivity contribution >= 4 is 67.3 Å². The number of nitrogens with one attached hydrogen (secondary N) is 2. The molecule has 162 valence electrons. The average molecular weight is 490 g/mol. The van der Waals surface area contributed by atoms with Gasteiger partial charge in [0.25, 0.3) is 15.7 Å². The highest BCUT2D eigenvalue weighted by Crippen LogP contribution is 2.32. The third-order valence-corrected chi connectivity index (χ3v) is 6.34. The van der Waals surface area contributed by atoms with E-state index < -0.39 is 20.6 Å². The number of sulfonamides is 1. The van der Waals surface area contributed by atoms with Crippen LogP contribution in [0.15, 0.2) is 71.6 Å². The minimum atomic E-state index is -4.27. The predicted molar refractivity (Wildman–Crippen MR) is 123 cm³/mol. The molecule has 4 rings (SSSR count). The van der Waals surface area contributed by atoms with Crippen LogP contribution in [0.2, 0.25) is 10.0 Å². The summed E-state index contributed by atoms with van der Waals surface area (Å²) in [5.41, 5.74) is 0.916. The Labute approximate surface area is 192 Å². The lowest BCUT2D eigenvalue weighted by molar-refractivity contribution is -0.384. The first-order valence-electron chi connectivity index (χ1n) is 9.00. The van der Waals surface area contributed by atoms with E-state index in [9.17, 15) is 18.5 Å². The molecule has 0 radical (unpaired) electrons. The van der Waals surface area contributed by atoms with Crippen molar-refractivity contribution in [2.45, 2.75) is 4.90 Å². The van der Waals surface area contributed by atoms with Gasteiger partial charge in [0.1, 0.15) is 5.02 Å². The highest BCUT2D eigenvalue weighted by Gasteiger charge is 2.23. The number of nitrogens with zero attached hydrogens (tertiary/aromatic N) is 3. The second kappa shape index (κ2) is 8.58. The fourth-order valence-electron chi connectivity index (χ4n) is 2.83. The number of hydrogen-bond acceptors (Lipinski definition) is 7. The van der Waals surface area contributed by atoms with E-state index in [1.807, 2.05) is 0 Å². The molecule has 3 aromatic carbocycles. The zero-order valence-electron chi connectivity index (χ0n) is 16.0. The number of nitro groups is 1. The van der Waals surface area contributed by atoms with Crippen LogP contribution in [0.1, 0.15) is 0 Å². The van der Waals surface area contributed by atoms with Crippen LogP contribution < -0.4 is 10.0 Å². The van der Waals surface area contributed by atoms with Crippen LogP contribution in [0.4, 0.5) is 23.0 Å². The van der Waals surface area contributed by atoms with Gasteiger partial charge in [0.05, 0.1) is 31.6 Å². The smallest absolute Gasteiger partial charge is 0.289 e. The summed E-state index contributed by atoms with van der Waals surface area (Å²) in [6, 6.07) is 16.9. The third-order valence-electron chi connectivity index (χ3n) is 4.35. The largest absolute Gasteiger partial charge is 0.336 e. The molecule has 0 aliphatic carbocycles. The summed E-state index contributed by atoms with van der Waals surface area (Å²) in [5, 5.41) is 14.4. The minimum Gasteiger partial charge on any atom is -0.336 e. The molecule has 9 nitrogen and oxygen atoms in total. The van der Waals surface area contributed by atoms with Gasteiger partial charge in [-0.05, 0) is 36.4 Å². The molecule has 0 unspecified atom stereocenters. The molecule has 0 aliphatic heterocycles. The van der Waals surface area contributed by atoms with Crippen molar-refractivity contribution in [1.29, 1.82) is 0 Å². The van der Waals surface area contributed by atoms with Gasteiger partial charge in [0.15, 0.2) is 11.6 Å². The maximum atomic E-state index is 13.0. The monoisotopic (exact) mass is 489 g/mol. The van der Waals surface area contributed by atoms with Gasteiger partial charge in [-0.1, -0.05) is 47.5 Å². The molecule has 2 N–H and O–H groups in total. The molecule has 0 aliphatic rings. The van der Waals surface area contributed by atoms with E-state index in [-0.39, 0.29) is 21.6 Å². The Hall–Kier alpha value is -3.47. The van der Waals surface area contributed by atoms with Crippen molar-refractivity contribution < 1.29 is 13.3 Å². The molecule has 1 aromatic heterocycles. The summed E-state index contributed by atoms with van der Waals surface area (Å²) in [6.45, 7) is 0. The van der Waals surface area contributed by atoms with E-state index >= 15 is 0 Å². The maximum absolute atomic E-state index is 13.0. The van der Waals surface area contributed by atoms with E-state index in [0.717, 1.165) is 18.2 Å². The van der Waals surface area contributed by atoms with Gasteiger partial charge in [0, 0.05) is 6.07 Å². The Morgan fingerprint density at radius 3 is 2.12 bits per heavy atom. The second-order valence-electron chi connectivity index (χ2n) is 6.49. The first kappa shape index (κ1) is 21.8. The molecule has 0 spiro atoms. The van der Waals surface area contributed by atoms with Crippen molar-refractivity contribution in [3.63, 3.8) is 0 Å². The third kappa shape index (κ3) is 4.42. The summed E-state index contributed by atoms with van der Waals surface area (Å²) >= 11 is 12.0. The van der Waals surface area contributed by atoms with Crippen LogP contribution in [0, 0.1) is 10.1 Å². The molecule has 0 saturated heterocycles. The summed E-state index contributed by atoms with van der Waals surface area (Å²) < 4.78 is 28.3. The molecule has 0 atom stereocenters. The van der Waals surface area contributed by atoms with Gasteiger partial charge in [-0.2, -0.15) is 0 Å². The SMILES string of the molecule is O=[N+]([O-])c1cc(S(=O)(=O)Nc2nc3ccccc3nc2Nc2ccccc2Cl)ccc1Cl. The molecule has 0 saturated carbocycles. The molecule has 32 heavy (non-hydrogen) atoms. The van der Waals surface area contributed by atoms with Crippen LogP contribution in [0.3, 0.4) is 0 Å². The predicted octanol–water partition coefficient (Wildman–Crippen LogP) is 5.39. The summed E-state index contributed by atoms with van der Waals surface area (Å²) in [6.07, 6.45) is 0. The molecule has 0 bridgehead atoms. The fourth-order valence-corrected chi connectivity index (χ4v) is 4.23. The lowest BCUT2D eigenvalue weighted by Crippen LogP contribution is -2.16. The zero-order chi connectivity index (χ0) is 22.9. The lowest BCUT2D eigenvalue weighted by Gasteiger charge is -2.14. The first-order valence-corrected chi connectivity index (χ1v) is 11.2. The van der Waals surface area contributed by atoms with Gasteiger partial charge in [-0.15, -0.1) is 0 Å². The van der Waals surface area contributed by atoms with Crippen LogP contribution in [0.5, 0.6) is 0 Å². The highest BCUT2D eigenvalue weighted by molar-refractivity contribution is 7.92. The molecule has 4 aromatic rings. The van der Waals surface area contributed by atoms with Crippen LogP contribution >= 0.6 is 23.2 Å². The van der Waals surface area contributed by atoms with E-state index in [0.29, 0.717) is 21.7 Å². The summed E-state index contributed by atoms with van der Waals surface area (Å²) in [5.74, 6) is -0.00920. The molecule has 1 heterocycles. The fraction of sp³-hybridized carbons (Fsp3) is 0. The lowest BCUT2D eigenvalue weighted by atomic mass is 10.3. The standard InChI is InChI=1S/C20H13Cl2N5O4S/c21-13-5-1-2-6-15(13)23-19-20(25-17-8-4-3-7-16(17)24-19)26-32(30,31)12-9-10-14(22)18(11-12)27(28)29/h1-11H,(H,23,24)(H,25,26). The van der Waals surface area contributed by atoms with E-state index in [1.165, 1.54) is 0 Å². The molecular weight excluding hydrogens is 477 g/mol.